The van der Waals surface area contributed by atoms with Gasteiger partial charge in [-0.05, 0) is 36.4 Å². The molecule has 0 saturated carbocycles. The Bertz CT molecular complexity index is 3330. The van der Waals surface area contributed by atoms with E-state index in [2.05, 4.69) is 65.1 Å². The fraction of sp³-hybridized carbons (Fsp3) is 0.0952. The zero-order chi connectivity index (χ0) is 45.9. The van der Waals surface area contributed by atoms with E-state index in [0.29, 0.717) is 71.1 Å². The monoisotopic (exact) mass is 946 g/mol. The van der Waals surface area contributed by atoms with Crippen LogP contribution in [0.1, 0.15) is 22.5 Å². The minimum atomic E-state index is -4.56. The molecule has 0 atom stereocenters. The zero-order valence-electron chi connectivity index (χ0n) is 32.8. The first kappa shape index (κ1) is 44.5. The summed E-state index contributed by atoms with van der Waals surface area (Å²) in [6, 6.07) is 20.5. The van der Waals surface area contributed by atoms with E-state index in [-0.39, 0.29) is 41.3 Å². The van der Waals surface area contributed by atoms with Gasteiger partial charge in [-0.25, -0.2) is 49.8 Å². The number of alkyl halides is 6. The highest BCUT2D eigenvalue weighted by molar-refractivity contribution is 6.35. The molecule has 0 aliphatic carbocycles. The first-order valence-electron chi connectivity index (χ1n) is 18.8. The minimum absolute atomic E-state index is 0.0308. The summed E-state index contributed by atoms with van der Waals surface area (Å²) < 4.78 is 81.0. The quantitative estimate of drug-likeness (QED) is 0.0910. The molecule has 0 aliphatic heterocycles. The molecule has 0 fully saturated rings. The van der Waals surface area contributed by atoms with Crippen LogP contribution in [-0.4, -0.2) is 59.8 Å². The van der Waals surface area contributed by atoms with Gasteiger partial charge in [0.15, 0.2) is 22.3 Å². The molecule has 0 unspecified atom stereocenters. The topological polar surface area (TPSA) is 199 Å². The van der Waals surface area contributed by atoms with Crippen molar-refractivity contribution in [1.29, 1.82) is 0 Å². The molecule has 0 radical (unpaired) electrons. The third kappa shape index (κ3) is 9.55. The van der Waals surface area contributed by atoms with Gasteiger partial charge in [-0.1, -0.05) is 83.3 Å². The number of rotatable bonds is 6. The van der Waals surface area contributed by atoms with Crippen molar-refractivity contribution < 1.29 is 26.3 Å². The number of fused-ring (bicyclic) bond motifs is 4. The Morgan fingerprint density at radius 3 is 1.57 bits per heavy atom. The first-order chi connectivity index (χ1) is 31.2. The Balaban J connectivity index is 0.000000151. The van der Waals surface area contributed by atoms with E-state index < -0.39 is 23.5 Å². The molecule has 0 amide bonds. The van der Waals surface area contributed by atoms with Crippen LogP contribution in [0.5, 0.6) is 0 Å². The number of benzene rings is 4. The van der Waals surface area contributed by atoms with Crippen LogP contribution >= 0.6 is 34.8 Å². The van der Waals surface area contributed by atoms with Crippen LogP contribution in [0.4, 0.5) is 32.2 Å². The van der Waals surface area contributed by atoms with Gasteiger partial charge in [0.05, 0.1) is 74.2 Å². The van der Waals surface area contributed by atoms with Crippen LogP contribution in [0.2, 0.25) is 15.2 Å². The Hall–Kier alpha value is -7.13. The summed E-state index contributed by atoms with van der Waals surface area (Å²) >= 11 is 18.0. The molecule has 328 valence electrons. The number of hydrogen-bond donors (Lipinski definition) is 4. The maximum atomic E-state index is 13.7. The van der Waals surface area contributed by atoms with Gasteiger partial charge in [0.25, 0.3) is 0 Å². The molecule has 0 saturated heterocycles. The molecule has 10 aromatic rings. The summed E-state index contributed by atoms with van der Waals surface area (Å²) in [4.78, 5) is 47.3. The fourth-order valence-corrected chi connectivity index (χ4v) is 7.14. The van der Waals surface area contributed by atoms with Gasteiger partial charge in [-0.3, -0.25) is 0 Å². The third-order valence-electron chi connectivity index (χ3n) is 9.43. The fourth-order valence-electron chi connectivity index (χ4n) is 6.53. The predicted molar refractivity (Wildman–Crippen MR) is 234 cm³/mol. The van der Waals surface area contributed by atoms with Crippen molar-refractivity contribution in [3.05, 3.63) is 148 Å². The van der Waals surface area contributed by atoms with Crippen LogP contribution in [0.3, 0.4) is 0 Å². The number of aromatic nitrogens is 12. The largest absolute Gasteiger partial charge is 0.417 e. The van der Waals surface area contributed by atoms with E-state index in [0.717, 1.165) is 12.1 Å². The van der Waals surface area contributed by atoms with E-state index in [1.54, 1.807) is 36.4 Å². The standard InChI is InChI=1S/C21H13ClF3N7.C16H11ClF3N3.C5H3ClN4/c22-13-6-3-7-14-17(13)32-16(11-4-1-2-5-12(11)21(23,24)25)15(31-14)8-26-19-18-20(28-9-27-18)30-10-29-19;17-11-6-3-7-12-15(11)23-14(13(8-21)22-12)9-4-1-2-5-10(9)16(18,19)20;6-4-3-5(9-1-7-3)10-2-8-4/h1-7,9-10H,8H2,(H2,26,27,28,29,30);1-7H,8,21H2;1-2H,(H,7,8,9,10). The Labute approximate surface area is 376 Å². The van der Waals surface area contributed by atoms with Crippen LogP contribution in [0, 0.1) is 0 Å². The third-order valence-corrected chi connectivity index (χ3v) is 10.3. The predicted octanol–water partition coefficient (Wildman–Crippen LogP) is 10.7. The lowest BCUT2D eigenvalue weighted by Gasteiger charge is -2.16. The summed E-state index contributed by atoms with van der Waals surface area (Å²) in [7, 11) is 0. The summed E-state index contributed by atoms with van der Waals surface area (Å²) in [6.45, 7) is 0.0269. The lowest BCUT2D eigenvalue weighted by atomic mass is 10.0. The van der Waals surface area contributed by atoms with Crippen LogP contribution in [0.25, 0.3) is 66.9 Å². The van der Waals surface area contributed by atoms with E-state index in [4.69, 9.17) is 40.5 Å². The van der Waals surface area contributed by atoms with Crippen LogP contribution < -0.4 is 11.1 Å². The molecule has 4 aromatic carbocycles. The Morgan fingerprint density at radius 1 is 0.538 bits per heavy atom. The molecule has 5 N–H and O–H groups in total. The van der Waals surface area contributed by atoms with Crippen molar-refractivity contribution in [3.8, 4) is 22.5 Å². The molecular weight excluding hydrogens is 921 g/mol. The van der Waals surface area contributed by atoms with Crippen molar-refractivity contribution in [1.82, 2.24) is 59.8 Å². The van der Waals surface area contributed by atoms with Crippen LogP contribution in [0.15, 0.2) is 110 Å². The van der Waals surface area contributed by atoms with Gasteiger partial charge in [0, 0.05) is 17.7 Å². The van der Waals surface area contributed by atoms with E-state index in [9.17, 15) is 26.3 Å². The van der Waals surface area contributed by atoms with Gasteiger partial charge < -0.3 is 21.0 Å². The summed E-state index contributed by atoms with van der Waals surface area (Å²) in [5.74, 6) is 0.440. The van der Waals surface area contributed by atoms with E-state index in [1.165, 1.54) is 61.7 Å². The van der Waals surface area contributed by atoms with Gasteiger partial charge in [0.2, 0.25) is 0 Å². The lowest BCUT2D eigenvalue weighted by Crippen LogP contribution is -2.11. The van der Waals surface area contributed by atoms with E-state index >= 15 is 0 Å². The van der Waals surface area contributed by atoms with Crippen LogP contribution in [-0.2, 0) is 25.4 Å². The first-order valence-corrected chi connectivity index (χ1v) is 20.0. The molecule has 10 rings (SSSR count). The number of aromatic amines is 2. The second-order valence-corrected chi connectivity index (χ2v) is 14.7. The molecule has 23 heteroatoms. The number of hydrogen-bond acceptors (Lipinski definition) is 12. The molecule has 0 aliphatic rings. The van der Waals surface area contributed by atoms with Gasteiger partial charge in [-0.15, -0.1) is 0 Å². The maximum absolute atomic E-state index is 13.7. The van der Waals surface area contributed by atoms with Crippen molar-refractivity contribution in [2.24, 2.45) is 5.73 Å². The minimum Gasteiger partial charge on any atom is -0.362 e. The number of imidazole rings is 2. The summed E-state index contributed by atoms with van der Waals surface area (Å²) in [6.07, 6.45) is -3.33. The highest BCUT2D eigenvalue weighted by Gasteiger charge is 2.35. The van der Waals surface area contributed by atoms with Crippen molar-refractivity contribution in [2.75, 3.05) is 5.32 Å². The number of nitrogens with two attached hydrogens (primary N) is 1. The van der Waals surface area contributed by atoms with Gasteiger partial charge in [0.1, 0.15) is 34.7 Å². The summed E-state index contributed by atoms with van der Waals surface area (Å²) in [5.41, 5.74) is 8.65. The Morgan fingerprint density at radius 2 is 1.03 bits per heavy atom. The van der Waals surface area contributed by atoms with Gasteiger partial charge >= 0.3 is 12.4 Å². The second kappa shape index (κ2) is 18.5. The summed E-state index contributed by atoms with van der Waals surface area (Å²) in [5, 5.41) is 4.13. The average molecular weight is 948 g/mol. The van der Waals surface area contributed by atoms with Crippen molar-refractivity contribution >= 4 is 85.0 Å². The SMILES string of the molecule is Clc1ncnc2nc[nH]c12.FC(F)(F)c1ccccc1-c1nc2c(Cl)cccc2nc1CNc1ncnc2nc[nH]c12.NCc1nc2cccc(Cl)c2nc1-c1ccccc1C(F)(F)F. The molecular formula is C42H27Cl3F6N14. The molecule has 65 heavy (non-hydrogen) atoms. The van der Waals surface area contributed by atoms with Crippen molar-refractivity contribution in [3.63, 3.8) is 0 Å². The molecule has 6 heterocycles. The zero-order valence-corrected chi connectivity index (χ0v) is 35.0. The number of H-pyrrole nitrogens is 2. The molecule has 6 aromatic heterocycles. The lowest BCUT2D eigenvalue weighted by molar-refractivity contribution is -0.137. The van der Waals surface area contributed by atoms with Crippen molar-refractivity contribution in [2.45, 2.75) is 25.4 Å². The van der Waals surface area contributed by atoms with E-state index in [1.807, 2.05) is 0 Å². The number of anilines is 1. The number of para-hydroxylation sites is 2. The van der Waals surface area contributed by atoms with Gasteiger partial charge in [-0.2, -0.15) is 26.3 Å². The maximum Gasteiger partial charge on any atom is 0.417 e. The molecule has 0 bridgehead atoms. The number of halogens is 9. The molecule has 0 spiro atoms. The highest BCUT2D eigenvalue weighted by Crippen LogP contribution is 2.40. The normalized spacial score (nSPS) is 11.7. The number of nitrogens with one attached hydrogen (secondary N) is 3. The smallest absolute Gasteiger partial charge is 0.362 e. The average Bonchev–Trinajstić information content (AvgIpc) is 4.00. The Kier molecular flexibility index (Phi) is 12.7. The second-order valence-electron chi connectivity index (χ2n) is 13.5. The highest BCUT2D eigenvalue weighted by atomic mass is 35.5. The number of nitrogens with zero attached hydrogens (tertiary/aromatic N) is 10. The molecule has 14 nitrogen and oxygen atoms in total.